The van der Waals surface area contributed by atoms with Crippen molar-refractivity contribution in [1.29, 1.82) is 0 Å². The Kier molecular flexibility index (Phi) is 8.03. The van der Waals surface area contributed by atoms with Crippen LogP contribution in [0.25, 0.3) is 0 Å². The zero-order valence-electron chi connectivity index (χ0n) is 18.5. The van der Waals surface area contributed by atoms with E-state index in [1.165, 1.54) is 6.07 Å². The van der Waals surface area contributed by atoms with Gasteiger partial charge in [0.25, 0.3) is 0 Å². The Morgan fingerprint density at radius 3 is 2.76 bits per heavy atom. The summed E-state index contributed by atoms with van der Waals surface area (Å²) in [5, 5.41) is 13.2. The van der Waals surface area contributed by atoms with Crippen LogP contribution in [0.3, 0.4) is 0 Å². The summed E-state index contributed by atoms with van der Waals surface area (Å²) < 4.78 is 39.8. The normalized spacial score (nSPS) is 26.2. The highest BCUT2D eigenvalue weighted by atomic mass is 19.1. The number of fused-ring (bicyclic) bond motifs is 1. The second kappa shape index (κ2) is 11.2. The Morgan fingerprint density at radius 1 is 1.12 bits per heavy atom. The number of amides is 1. The van der Waals surface area contributed by atoms with Gasteiger partial charge in [0.1, 0.15) is 11.6 Å². The lowest BCUT2D eigenvalue weighted by atomic mass is 9.94. The van der Waals surface area contributed by atoms with Crippen molar-refractivity contribution in [3.8, 4) is 0 Å². The van der Waals surface area contributed by atoms with Gasteiger partial charge in [0, 0.05) is 31.2 Å². The molecule has 2 aromatic rings. The topological polar surface area (TPSA) is 71.0 Å². The first-order valence-electron chi connectivity index (χ1n) is 11.4. The molecular formula is C25H30F2N2O4. The van der Waals surface area contributed by atoms with Crippen LogP contribution in [0.1, 0.15) is 30.4 Å². The minimum absolute atomic E-state index is 0.0804. The van der Waals surface area contributed by atoms with E-state index < -0.39 is 17.7 Å². The molecule has 6 nitrogen and oxygen atoms in total. The number of hydrogen-bond donors (Lipinski definition) is 2. The molecule has 0 radical (unpaired) electrons. The van der Waals surface area contributed by atoms with Crippen LogP contribution in [0.4, 0.5) is 8.78 Å². The average Bonchev–Trinajstić information content (AvgIpc) is 2.79. The molecule has 2 saturated heterocycles. The van der Waals surface area contributed by atoms with E-state index in [0.717, 1.165) is 17.7 Å². The third kappa shape index (κ3) is 6.57. The molecule has 1 amide bonds. The summed E-state index contributed by atoms with van der Waals surface area (Å²) in [7, 11) is 0. The lowest BCUT2D eigenvalue weighted by Crippen LogP contribution is -2.55. The van der Waals surface area contributed by atoms with Gasteiger partial charge in [-0.2, -0.15) is 0 Å². The lowest BCUT2D eigenvalue weighted by molar-refractivity contribution is -0.158. The molecule has 4 rings (SSSR count). The molecule has 0 unspecified atom stereocenters. The highest BCUT2D eigenvalue weighted by Crippen LogP contribution is 2.29. The Balaban J connectivity index is 1.37. The van der Waals surface area contributed by atoms with Crippen molar-refractivity contribution >= 4 is 5.91 Å². The third-order valence-electron chi connectivity index (χ3n) is 6.21. The zero-order valence-corrected chi connectivity index (χ0v) is 18.5. The fourth-order valence-electron chi connectivity index (χ4n) is 4.59. The minimum atomic E-state index is -0.732. The fourth-order valence-corrected chi connectivity index (χ4v) is 4.59. The standard InChI is InChI=1S/C25H30F2N2O4/c26-19-6-8-22(27)18(10-19)13-29-14-20(30)15-32-16-24-23(29)9-7-21(33-24)11-25(31)28-12-17-4-2-1-3-5-17/h1-6,8,10,20-21,23-24,30H,7,9,11-16H2,(H,28,31)/t20-,21+,23-,24+/m0/s1. The van der Waals surface area contributed by atoms with Crippen molar-refractivity contribution in [3.05, 3.63) is 71.3 Å². The van der Waals surface area contributed by atoms with Crippen LogP contribution in [0.2, 0.25) is 0 Å². The summed E-state index contributed by atoms with van der Waals surface area (Å²) >= 11 is 0. The van der Waals surface area contributed by atoms with Gasteiger partial charge in [0.05, 0.1) is 37.9 Å². The maximum absolute atomic E-state index is 14.3. The van der Waals surface area contributed by atoms with Crippen molar-refractivity contribution in [2.75, 3.05) is 19.8 Å². The molecule has 4 atom stereocenters. The van der Waals surface area contributed by atoms with E-state index in [1.807, 2.05) is 35.2 Å². The maximum Gasteiger partial charge on any atom is 0.222 e. The lowest BCUT2D eigenvalue weighted by Gasteiger charge is -2.44. The van der Waals surface area contributed by atoms with Crippen LogP contribution in [-0.4, -0.2) is 60.0 Å². The van der Waals surface area contributed by atoms with E-state index in [0.29, 0.717) is 19.4 Å². The van der Waals surface area contributed by atoms with E-state index in [1.54, 1.807) is 0 Å². The van der Waals surface area contributed by atoms with Gasteiger partial charge < -0.3 is 19.9 Å². The molecule has 0 aromatic heterocycles. The summed E-state index contributed by atoms with van der Waals surface area (Å²) in [4.78, 5) is 14.4. The quantitative estimate of drug-likeness (QED) is 0.694. The minimum Gasteiger partial charge on any atom is -0.389 e. The number of carbonyl (C=O) groups excluding carboxylic acids is 1. The number of benzene rings is 2. The van der Waals surface area contributed by atoms with E-state index in [-0.39, 0.29) is 62.4 Å². The Morgan fingerprint density at radius 2 is 1.94 bits per heavy atom. The van der Waals surface area contributed by atoms with E-state index >= 15 is 0 Å². The van der Waals surface area contributed by atoms with Gasteiger partial charge in [0.15, 0.2) is 0 Å². The van der Waals surface area contributed by atoms with Gasteiger partial charge in [-0.3, -0.25) is 9.69 Å². The number of ether oxygens (including phenoxy) is 2. The molecule has 2 N–H and O–H groups in total. The first-order valence-corrected chi connectivity index (χ1v) is 11.4. The Labute approximate surface area is 192 Å². The molecule has 0 aliphatic carbocycles. The van der Waals surface area contributed by atoms with Gasteiger partial charge in [-0.1, -0.05) is 30.3 Å². The highest BCUT2D eigenvalue weighted by Gasteiger charge is 2.38. The number of halogens is 2. The van der Waals surface area contributed by atoms with Gasteiger partial charge in [0.2, 0.25) is 5.91 Å². The number of nitrogens with zero attached hydrogens (tertiary/aromatic N) is 1. The largest absolute Gasteiger partial charge is 0.389 e. The first-order chi connectivity index (χ1) is 16.0. The summed E-state index contributed by atoms with van der Waals surface area (Å²) in [6.45, 7) is 1.30. The van der Waals surface area contributed by atoms with Crippen molar-refractivity contribution < 1.29 is 28.2 Å². The smallest absolute Gasteiger partial charge is 0.222 e. The second-order valence-corrected chi connectivity index (χ2v) is 8.76. The third-order valence-corrected chi connectivity index (χ3v) is 6.21. The van der Waals surface area contributed by atoms with Crippen LogP contribution >= 0.6 is 0 Å². The zero-order chi connectivity index (χ0) is 23.2. The van der Waals surface area contributed by atoms with Crippen LogP contribution in [-0.2, 0) is 27.4 Å². The van der Waals surface area contributed by atoms with E-state index in [4.69, 9.17) is 9.47 Å². The molecule has 2 fully saturated rings. The summed E-state index contributed by atoms with van der Waals surface area (Å²) in [6, 6.07) is 13.0. The summed E-state index contributed by atoms with van der Waals surface area (Å²) in [5.41, 5.74) is 1.27. The predicted octanol–water partition coefficient (Wildman–Crippen LogP) is 2.78. The number of hydrogen-bond acceptors (Lipinski definition) is 5. The monoisotopic (exact) mass is 460 g/mol. The van der Waals surface area contributed by atoms with Crippen molar-refractivity contribution in [2.24, 2.45) is 0 Å². The summed E-state index contributed by atoms with van der Waals surface area (Å²) in [6.07, 6.45) is 0.297. The van der Waals surface area contributed by atoms with Crippen molar-refractivity contribution in [3.63, 3.8) is 0 Å². The van der Waals surface area contributed by atoms with Crippen LogP contribution in [0.5, 0.6) is 0 Å². The molecule has 0 spiro atoms. The fraction of sp³-hybridized carbons (Fsp3) is 0.480. The average molecular weight is 461 g/mol. The van der Waals surface area contributed by atoms with Crippen LogP contribution in [0.15, 0.2) is 48.5 Å². The number of β-amino-alcohol motifs (C(OH)–C–C–N with tert-alkyl or cyclic N) is 1. The number of rotatable bonds is 6. The number of aliphatic hydroxyl groups excluding tert-OH is 1. The van der Waals surface area contributed by atoms with E-state index in [9.17, 15) is 18.7 Å². The first kappa shape index (κ1) is 23.8. The molecule has 2 heterocycles. The molecule has 0 saturated carbocycles. The Hall–Kier alpha value is -2.39. The van der Waals surface area contributed by atoms with Crippen LogP contribution in [0, 0.1) is 11.6 Å². The van der Waals surface area contributed by atoms with Gasteiger partial charge in [-0.05, 0) is 36.6 Å². The molecule has 2 aliphatic heterocycles. The molecule has 2 aromatic carbocycles. The SMILES string of the molecule is O=C(C[C@H]1CC[C@H]2[C@@H](COC[C@@H](O)CN2Cc2cc(F)ccc2F)O1)NCc1ccccc1. The molecule has 8 heteroatoms. The number of aliphatic hydroxyl groups is 1. The molecule has 2 aliphatic rings. The summed E-state index contributed by atoms with van der Waals surface area (Å²) in [5.74, 6) is -1.06. The molecular weight excluding hydrogens is 430 g/mol. The van der Waals surface area contributed by atoms with Crippen molar-refractivity contribution in [1.82, 2.24) is 10.2 Å². The van der Waals surface area contributed by atoms with Crippen LogP contribution < -0.4 is 5.32 Å². The van der Waals surface area contributed by atoms with Gasteiger partial charge >= 0.3 is 0 Å². The van der Waals surface area contributed by atoms with Crippen molar-refractivity contribution in [2.45, 2.75) is 56.7 Å². The highest BCUT2D eigenvalue weighted by molar-refractivity contribution is 5.76. The molecule has 178 valence electrons. The maximum atomic E-state index is 14.3. The van der Waals surface area contributed by atoms with Gasteiger partial charge in [-0.25, -0.2) is 8.78 Å². The van der Waals surface area contributed by atoms with E-state index in [2.05, 4.69) is 5.32 Å². The second-order valence-electron chi connectivity index (χ2n) is 8.76. The Bertz CT molecular complexity index is 930. The molecule has 33 heavy (non-hydrogen) atoms. The molecule has 0 bridgehead atoms. The number of carbonyl (C=O) groups is 1. The number of nitrogens with one attached hydrogen (secondary N) is 1. The van der Waals surface area contributed by atoms with Gasteiger partial charge in [-0.15, -0.1) is 0 Å². The predicted molar refractivity (Wildman–Crippen MR) is 118 cm³/mol.